The highest BCUT2D eigenvalue weighted by atomic mass is 16.7. The van der Waals surface area contributed by atoms with Crippen molar-refractivity contribution in [2.75, 3.05) is 20.0 Å². The minimum absolute atomic E-state index is 0.132. The van der Waals surface area contributed by atoms with Gasteiger partial charge in [0.05, 0.1) is 6.61 Å². The van der Waals surface area contributed by atoms with Crippen LogP contribution in [0.4, 0.5) is 0 Å². The Morgan fingerprint density at radius 3 is 2.52 bits per heavy atom. The highest BCUT2D eigenvalue weighted by Gasteiger charge is 2.24. The third-order valence-electron chi connectivity index (χ3n) is 4.14. The maximum Gasteiger partial charge on any atom is 0.344 e. The minimum Gasteiger partial charge on any atom is -0.481 e. The molecule has 2 aromatic carbocycles. The summed E-state index contributed by atoms with van der Waals surface area (Å²) in [7, 11) is 0. The van der Waals surface area contributed by atoms with Crippen molar-refractivity contribution in [3.05, 3.63) is 53.6 Å². The van der Waals surface area contributed by atoms with Gasteiger partial charge in [0.1, 0.15) is 5.75 Å². The second-order valence-electron chi connectivity index (χ2n) is 5.71. The van der Waals surface area contributed by atoms with Gasteiger partial charge in [-0.05, 0) is 25.0 Å². The Morgan fingerprint density at radius 1 is 1.12 bits per heavy atom. The molecule has 0 saturated heterocycles. The molecule has 3 rings (SSSR count). The second-order valence-corrected chi connectivity index (χ2v) is 5.71. The van der Waals surface area contributed by atoms with E-state index in [1.165, 1.54) is 5.56 Å². The van der Waals surface area contributed by atoms with Crippen LogP contribution in [0.15, 0.2) is 42.5 Å². The van der Waals surface area contributed by atoms with Gasteiger partial charge in [0.15, 0.2) is 18.1 Å². The monoisotopic (exact) mass is 342 g/mol. The first kappa shape index (κ1) is 17.1. The summed E-state index contributed by atoms with van der Waals surface area (Å²) in [6, 6.07) is 14.0. The average Bonchev–Trinajstić information content (AvgIpc) is 3.09. The first-order valence-corrected chi connectivity index (χ1v) is 8.49. The summed E-state index contributed by atoms with van der Waals surface area (Å²) in [5.41, 5.74) is 2.16. The van der Waals surface area contributed by atoms with Gasteiger partial charge < -0.3 is 18.9 Å². The maximum absolute atomic E-state index is 11.7. The first-order valence-electron chi connectivity index (χ1n) is 8.49. The largest absolute Gasteiger partial charge is 0.481 e. The third-order valence-corrected chi connectivity index (χ3v) is 4.14. The lowest BCUT2D eigenvalue weighted by molar-refractivity contribution is -0.145. The summed E-state index contributed by atoms with van der Waals surface area (Å²) in [4.78, 5) is 11.7. The molecule has 0 saturated carbocycles. The third kappa shape index (κ3) is 3.87. The number of carbonyl (C=O) groups excluding carboxylic acids is 1. The molecule has 0 amide bonds. The Morgan fingerprint density at radius 2 is 1.84 bits per heavy atom. The van der Waals surface area contributed by atoms with Crippen molar-refractivity contribution >= 4 is 5.97 Å². The van der Waals surface area contributed by atoms with E-state index in [-0.39, 0.29) is 25.3 Å². The Bertz CT molecular complexity index is 726. The smallest absolute Gasteiger partial charge is 0.344 e. The summed E-state index contributed by atoms with van der Waals surface area (Å²) in [5.74, 6) is 1.69. The Kier molecular flexibility index (Phi) is 5.43. The van der Waals surface area contributed by atoms with Gasteiger partial charge in [-0.15, -0.1) is 0 Å². The maximum atomic E-state index is 11.7. The standard InChI is InChI=1S/C20H22O5/c1-3-15(14-8-6-5-7-9-14)16-10-18-19(25-13-24-18)11-17(16)23-12-20(21)22-4-2/h5-11,15H,3-4,12-13H2,1-2H3/t15-/m0/s1. The number of hydrogen-bond donors (Lipinski definition) is 0. The van der Waals surface area contributed by atoms with Gasteiger partial charge in [-0.1, -0.05) is 37.3 Å². The van der Waals surface area contributed by atoms with Crippen LogP contribution in [-0.2, 0) is 9.53 Å². The molecule has 1 atom stereocenters. The zero-order valence-corrected chi connectivity index (χ0v) is 14.5. The topological polar surface area (TPSA) is 54.0 Å². The number of carbonyl (C=O) groups is 1. The molecule has 0 fully saturated rings. The molecule has 0 spiro atoms. The molecule has 0 unspecified atom stereocenters. The predicted octanol–water partition coefficient (Wildman–Crippen LogP) is 3.90. The van der Waals surface area contributed by atoms with Crippen LogP contribution in [0.1, 0.15) is 37.3 Å². The number of hydrogen-bond acceptors (Lipinski definition) is 5. The minimum atomic E-state index is -0.390. The fourth-order valence-corrected chi connectivity index (χ4v) is 3.00. The second kappa shape index (κ2) is 7.92. The summed E-state index contributed by atoms with van der Waals surface area (Å²) < 4.78 is 21.7. The van der Waals surface area contributed by atoms with Crippen LogP contribution in [0.2, 0.25) is 0 Å². The van der Waals surface area contributed by atoms with E-state index in [1.807, 2.05) is 24.3 Å². The highest BCUT2D eigenvalue weighted by Crippen LogP contribution is 2.43. The molecule has 5 nitrogen and oxygen atoms in total. The van der Waals surface area contributed by atoms with Crippen molar-refractivity contribution < 1.29 is 23.7 Å². The lowest BCUT2D eigenvalue weighted by atomic mass is 9.88. The van der Waals surface area contributed by atoms with Crippen LogP contribution in [0.25, 0.3) is 0 Å². The van der Waals surface area contributed by atoms with Crippen molar-refractivity contribution in [2.24, 2.45) is 0 Å². The molecule has 0 aromatic heterocycles. The van der Waals surface area contributed by atoms with E-state index in [9.17, 15) is 4.79 Å². The van der Waals surface area contributed by atoms with Crippen molar-refractivity contribution in [3.63, 3.8) is 0 Å². The lowest BCUT2D eigenvalue weighted by Gasteiger charge is -2.20. The van der Waals surface area contributed by atoms with E-state index in [0.717, 1.165) is 12.0 Å². The number of benzene rings is 2. The van der Waals surface area contributed by atoms with Crippen LogP contribution in [0, 0.1) is 0 Å². The molecule has 2 aromatic rings. The first-order chi connectivity index (χ1) is 12.2. The Balaban J connectivity index is 1.94. The summed E-state index contributed by atoms with van der Waals surface area (Å²) in [5, 5.41) is 0. The van der Waals surface area contributed by atoms with E-state index in [0.29, 0.717) is 23.9 Å². The normalized spacial score (nSPS) is 13.4. The molecular formula is C20H22O5. The van der Waals surface area contributed by atoms with E-state index in [2.05, 4.69) is 19.1 Å². The quantitative estimate of drug-likeness (QED) is 0.714. The van der Waals surface area contributed by atoms with Crippen molar-refractivity contribution in [1.29, 1.82) is 0 Å². The molecule has 0 radical (unpaired) electrons. The van der Waals surface area contributed by atoms with Crippen LogP contribution in [0.5, 0.6) is 17.2 Å². The molecule has 0 N–H and O–H groups in total. The van der Waals surface area contributed by atoms with Gasteiger partial charge in [0.2, 0.25) is 6.79 Å². The van der Waals surface area contributed by atoms with Crippen LogP contribution in [-0.4, -0.2) is 26.0 Å². The lowest BCUT2D eigenvalue weighted by Crippen LogP contribution is -2.16. The van der Waals surface area contributed by atoms with Gasteiger partial charge in [0.25, 0.3) is 0 Å². The van der Waals surface area contributed by atoms with Gasteiger partial charge in [0, 0.05) is 17.5 Å². The molecule has 1 aliphatic heterocycles. The van der Waals surface area contributed by atoms with E-state index < -0.39 is 0 Å². The number of esters is 1. The molecule has 25 heavy (non-hydrogen) atoms. The van der Waals surface area contributed by atoms with Crippen molar-refractivity contribution in [1.82, 2.24) is 0 Å². The Labute approximate surface area is 147 Å². The van der Waals surface area contributed by atoms with Crippen LogP contribution >= 0.6 is 0 Å². The zero-order valence-electron chi connectivity index (χ0n) is 14.5. The van der Waals surface area contributed by atoms with E-state index >= 15 is 0 Å². The molecular weight excluding hydrogens is 320 g/mol. The van der Waals surface area contributed by atoms with E-state index in [4.69, 9.17) is 18.9 Å². The number of ether oxygens (including phenoxy) is 4. The van der Waals surface area contributed by atoms with Gasteiger partial charge in [-0.2, -0.15) is 0 Å². The molecule has 132 valence electrons. The van der Waals surface area contributed by atoms with Gasteiger partial charge in [-0.25, -0.2) is 4.79 Å². The predicted molar refractivity (Wildman–Crippen MR) is 93.3 cm³/mol. The molecule has 5 heteroatoms. The summed E-state index contributed by atoms with van der Waals surface area (Å²) in [6.45, 7) is 4.28. The van der Waals surface area contributed by atoms with Gasteiger partial charge in [-0.3, -0.25) is 0 Å². The SMILES string of the molecule is CCOC(=O)COc1cc2c(cc1[C@@H](CC)c1ccccc1)OCO2. The molecule has 0 bridgehead atoms. The number of fused-ring (bicyclic) bond motifs is 1. The molecule has 1 aliphatic rings. The average molecular weight is 342 g/mol. The Hall–Kier alpha value is -2.69. The van der Waals surface area contributed by atoms with Gasteiger partial charge >= 0.3 is 5.97 Å². The summed E-state index contributed by atoms with van der Waals surface area (Å²) >= 11 is 0. The molecule has 0 aliphatic carbocycles. The fraction of sp³-hybridized carbons (Fsp3) is 0.350. The van der Waals surface area contributed by atoms with E-state index in [1.54, 1.807) is 13.0 Å². The zero-order chi connectivity index (χ0) is 17.6. The van der Waals surface area contributed by atoms with Crippen LogP contribution in [0.3, 0.4) is 0 Å². The number of rotatable bonds is 7. The van der Waals surface area contributed by atoms with Crippen molar-refractivity contribution in [3.8, 4) is 17.2 Å². The van der Waals surface area contributed by atoms with Crippen LogP contribution < -0.4 is 14.2 Å². The summed E-state index contributed by atoms with van der Waals surface area (Å²) in [6.07, 6.45) is 0.888. The van der Waals surface area contributed by atoms with Crippen molar-refractivity contribution in [2.45, 2.75) is 26.2 Å². The molecule has 1 heterocycles. The highest BCUT2D eigenvalue weighted by molar-refractivity contribution is 5.71. The fourth-order valence-electron chi connectivity index (χ4n) is 3.00.